The van der Waals surface area contributed by atoms with E-state index in [1.165, 1.54) is 5.39 Å². The minimum Gasteiger partial charge on any atom is -0.379 e. The van der Waals surface area contributed by atoms with Crippen LogP contribution in [0.1, 0.15) is 5.69 Å². The largest absolute Gasteiger partial charge is 0.379 e. The quantitative estimate of drug-likeness (QED) is 0.718. The number of nitrogens with one attached hydrogen (secondary N) is 2. The molecule has 5 heteroatoms. The fraction of sp³-hybridized carbons (Fsp3) is 0.167. The average Bonchev–Trinajstić information content (AvgIpc) is 2.94. The van der Waals surface area contributed by atoms with E-state index in [4.69, 9.17) is 0 Å². The number of anilines is 1. The fourth-order valence-electron chi connectivity index (χ4n) is 1.83. The third-order valence-corrected chi connectivity index (χ3v) is 2.68. The number of fused-ring (bicyclic) bond motifs is 1. The highest BCUT2D eigenvalue weighted by Gasteiger charge is 1.99. The third-order valence-electron chi connectivity index (χ3n) is 2.68. The molecule has 2 heterocycles. The van der Waals surface area contributed by atoms with Crippen molar-refractivity contribution in [1.82, 2.24) is 20.0 Å². The van der Waals surface area contributed by atoms with Crippen LogP contribution in [0.3, 0.4) is 0 Å². The van der Waals surface area contributed by atoms with Gasteiger partial charge in [-0.25, -0.2) is 0 Å². The van der Waals surface area contributed by atoms with Gasteiger partial charge in [0.15, 0.2) is 0 Å². The molecule has 0 amide bonds. The van der Waals surface area contributed by atoms with Gasteiger partial charge in [0.1, 0.15) is 5.69 Å². The number of benzene rings is 1. The van der Waals surface area contributed by atoms with Crippen LogP contribution in [0.4, 0.5) is 5.69 Å². The molecular weight excluding hydrogens is 214 g/mol. The maximum Gasteiger partial charge on any atom is 0.102 e. The van der Waals surface area contributed by atoms with Crippen molar-refractivity contribution < 1.29 is 0 Å². The number of aryl methyl sites for hydroxylation is 1. The zero-order valence-corrected chi connectivity index (χ0v) is 9.51. The number of aromatic amines is 1. The van der Waals surface area contributed by atoms with Crippen LogP contribution >= 0.6 is 0 Å². The van der Waals surface area contributed by atoms with Crippen LogP contribution in [0.5, 0.6) is 0 Å². The summed E-state index contributed by atoms with van der Waals surface area (Å²) in [5.41, 5.74) is 3.17. The Hall–Kier alpha value is -2.30. The van der Waals surface area contributed by atoms with E-state index >= 15 is 0 Å². The van der Waals surface area contributed by atoms with Gasteiger partial charge in [-0.1, -0.05) is 5.21 Å². The molecule has 0 unspecified atom stereocenters. The SMILES string of the molecule is Cn1cc(CNc2ccc3[nH]ccc3c2)nn1. The van der Waals surface area contributed by atoms with E-state index in [-0.39, 0.29) is 0 Å². The molecule has 0 saturated heterocycles. The van der Waals surface area contributed by atoms with Crippen LogP contribution in [0.15, 0.2) is 36.7 Å². The van der Waals surface area contributed by atoms with Gasteiger partial charge in [-0.15, -0.1) is 5.10 Å². The highest BCUT2D eigenvalue weighted by molar-refractivity contribution is 5.82. The van der Waals surface area contributed by atoms with Gasteiger partial charge in [0.2, 0.25) is 0 Å². The lowest BCUT2D eigenvalue weighted by Gasteiger charge is -2.03. The predicted molar refractivity (Wildman–Crippen MR) is 66.6 cm³/mol. The highest BCUT2D eigenvalue weighted by atomic mass is 15.4. The van der Waals surface area contributed by atoms with Crippen LogP contribution in [0, 0.1) is 0 Å². The summed E-state index contributed by atoms with van der Waals surface area (Å²) < 4.78 is 1.70. The van der Waals surface area contributed by atoms with E-state index in [9.17, 15) is 0 Å². The maximum absolute atomic E-state index is 4.03. The van der Waals surface area contributed by atoms with E-state index in [2.05, 4.69) is 44.9 Å². The molecule has 1 aromatic carbocycles. The van der Waals surface area contributed by atoms with Crippen molar-refractivity contribution in [1.29, 1.82) is 0 Å². The van der Waals surface area contributed by atoms with Crippen molar-refractivity contribution in [3.8, 4) is 0 Å². The lowest BCUT2D eigenvalue weighted by molar-refractivity contribution is 0.713. The molecule has 0 spiro atoms. The minimum absolute atomic E-state index is 0.684. The summed E-state index contributed by atoms with van der Waals surface area (Å²) in [5.74, 6) is 0. The first-order valence-electron chi connectivity index (χ1n) is 5.47. The molecule has 0 bridgehead atoms. The van der Waals surface area contributed by atoms with Gasteiger partial charge in [-0.2, -0.15) is 0 Å². The highest BCUT2D eigenvalue weighted by Crippen LogP contribution is 2.18. The fourth-order valence-corrected chi connectivity index (χ4v) is 1.83. The van der Waals surface area contributed by atoms with Gasteiger partial charge >= 0.3 is 0 Å². The molecule has 3 rings (SSSR count). The summed E-state index contributed by atoms with van der Waals surface area (Å²) in [6.45, 7) is 0.684. The second kappa shape index (κ2) is 3.93. The summed E-state index contributed by atoms with van der Waals surface area (Å²) >= 11 is 0. The van der Waals surface area contributed by atoms with Crippen LogP contribution in [-0.2, 0) is 13.6 Å². The Morgan fingerprint density at radius 3 is 3.12 bits per heavy atom. The second-order valence-corrected chi connectivity index (χ2v) is 4.02. The topological polar surface area (TPSA) is 58.5 Å². The molecule has 0 fully saturated rings. The smallest absolute Gasteiger partial charge is 0.102 e. The Kier molecular flexibility index (Phi) is 2.29. The van der Waals surface area contributed by atoms with Crippen molar-refractivity contribution in [3.05, 3.63) is 42.4 Å². The lowest BCUT2D eigenvalue weighted by Crippen LogP contribution is -1.99. The lowest BCUT2D eigenvalue weighted by atomic mass is 10.2. The molecule has 3 aromatic rings. The predicted octanol–water partition coefficient (Wildman–Crippen LogP) is 1.91. The summed E-state index contributed by atoms with van der Waals surface area (Å²) in [7, 11) is 1.86. The molecule has 0 atom stereocenters. The minimum atomic E-state index is 0.684. The molecule has 0 aliphatic heterocycles. The molecule has 0 saturated carbocycles. The van der Waals surface area contributed by atoms with Crippen molar-refractivity contribution >= 4 is 16.6 Å². The van der Waals surface area contributed by atoms with Crippen LogP contribution < -0.4 is 5.32 Å². The zero-order chi connectivity index (χ0) is 11.7. The molecule has 5 nitrogen and oxygen atoms in total. The van der Waals surface area contributed by atoms with Gasteiger partial charge in [-0.3, -0.25) is 4.68 Å². The first-order chi connectivity index (χ1) is 8.31. The van der Waals surface area contributed by atoms with Crippen LogP contribution in [-0.4, -0.2) is 20.0 Å². The summed E-state index contributed by atoms with van der Waals surface area (Å²) in [6.07, 6.45) is 3.85. The molecular formula is C12H13N5. The Morgan fingerprint density at radius 1 is 1.35 bits per heavy atom. The maximum atomic E-state index is 4.03. The van der Waals surface area contributed by atoms with Gasteiger partial charge < -0.3 is 10.3 Å². The summed E-state index contributed by atoms with van der Waals surface area (Å²) in [5, 5.41) is 12.4. The summed E-state index contributed by atoms with van der Waals surface area (Å²) in [6, 6.07) is 8.29. The molecule has 0 radical (unpaired) electrons. The molecule has 86 valence electrons. The van der Waals surface area contributed by atoms with Gasteiger partial charge in [0.05, 0.1) is 6.54 Å². The van der Waals surface area contributed by atoms with Gasteiger partial charge in [-0.05, 0) is 24.3 Å². The van der Waals surface area contributed by atoms with E-state index in [0.717, 1.165) is 16.9 Å². The number of H-pyrrole nitrogens is 1. The molecule has 0 aliphatic rings. The van der Waals surface area contributed by atoms with E-state index in [0.29, 0.717) is 6.54 Å². The molecule has 2 N–H and O–H groups in total. The Morgan fingerprint density at radius 2 is 2.29 bits per heavy atom. The van der Waals surface area contributed by atoms with Crippen molar-refractivity contribution in [3.63, 3.8) is 0 Å². The van der Waals surface area contributed by atoms with Crippen molar-refractivity contribution in [2.75, 3.05) is 5.32 Å². The van der Waals surface area contributed by atoms with E-state index in [1.54, 1.807) is 4.68 Å². The van der Waals surface area contributed by atoms with Crippen LogP contribution in [0.25, 0.3) is 10.9 Å². The van der Waals surface area contributed by atoms with Gasteiger partial charge in [0, 0.05) is 36.0 Å². The van der Waals surface area contributed by atoms with Gasteiger partial charge in [0.25, 0.3) is 0 Å². The summed E-state index contributed by atoms with van der Waals surface area (Å²) in [4.78, 5) is 3.17. The number of rotatable bonds is 3. The number of hydrogen-bond donors (Lipinski definition) is 2. The first-order valence-corrected chi connectivity index (χ1v) is 5.47. The number of nitrogens with zero attached hydrogens (tertiary/aromatic N) is 3. The second-order valence-electron chi connectivity index (χ2n) is 4.02. The van der Waals surface area contributed by atoms with Crippen LogP contribution in [0.2, 0.25) is 0 Å². The van der Waals surface area contributed by atoms with E-state index < -0.39 is 0 Å². The first kappa shape index (κ1) is 9.89. The van der Waals surface area contributed by atoms with Crippen molar-refractivity contribution in [2.24, 2.45) is 7.05 Å². The standard InChI is InChI=1S/C12H13N5/c1-17-8-11(15-16-17)7-14-10-2-3-12-9(6-10)4-5-13-12/h2-6,8,13-14H,7H2,1H3. The molecule has 2 aromatic heterocycles. The van der Waals surface area contributed by atoms with E-state index in [1.807, 2.05) is 19.4 Å². The third kappa shape index (κ3) is 1.99. The number of aromatic nitrogens is 4. The molecule has 0 aliphatic carbocycles. The number of hydrogen-bond acceptors (Lipinski definition) is 3. The Balaban J connectivity index is 1.76. The average molecular weight is 227 g/mol. The monoisotopic (exact) mass is 227 g/mol. The Labute approximate surface area is 98.5 Å². The zero-order valence-electron chi connectivity index (χ0n) is 9.51. The molecule has 17 heavy (non-hydrogen) atoms. The Bertz CT molecular complexity index is 637. The van der Waals surface area contributed by atoms with Crippen molar-refractivity contribution in [2.45, 2.75) is 6.54 Å². The normalized spacial score (nSPS) is 10.9.